The molecule has 1 saturated heterocycles. The molecule has 0 aromatic carbocycles. The zero-order valence-corrected chi connectivity index (χ0v) is 13.9. The van der Waals surface area contributed by atoms with Gasteiger partial charge in [-0.05, 0) is 51.5 Å². The third-order valence-electron chi connectivity index (χ3n) is 4.35. The zero-order chi connectivity index (χ0) is 14.6. The Hall–Kier alpha value is -0.160. The lowest BCUT2D eigenvalue weighted by Gasteiger charge is -2.23. The van der Waals surface area contributed by atoms with Crippen molar-refractivity contribution in [1.29, 1.82) is 0 Å². The van der Waals surface area contributed by atoms with E-state index in [2.05, 4.69) is 35.9 Å². The van der Waals surface area contributed by atoms with Crippen molar-refractivity contribution >= 4 is 0 Å². The normalized spacial score (nSPS) is 19.4. The predicted octanol–water partition coefficient (Wildman–Crippen LogP) is 1.67. The van der Waals surface area contributed by atoms with E-state index in [-0.39, 0.29) is 0 Å². The second kappa shape index (κ2) is 11.5. The van der Waals surface area contributed by atoms with Crippen molar-refractivity contribution in [2.75, 3.05) is 65.6 Å². The van der Waals surface area contributed by atoms with Crippen molar-refractivity contribution in [2.45, 2.75) is 33.6 Å². The number of nitrogens with one attached hydrogen (secondary N) is 1. The average molecular weight is 285 g/mol. The number of hydrogen-bond acceptors (Lipinski definition) is 4. The van der Waals surface area contributed by atoms with E-state index in [0.717, 1.165) is 38.8 Å². The highest BCUT2D eigenvalue weighted by Gasteiger charge is 2.14. The first kappa shape index (κ1) is 17.9. The Kier molecular flexibility index (Phi) is 10.3. The van der Waals surface area contributed by atoms with Crippen LogP contribution >= 0.6 is 0 Å². The van der Waals surface area contributed by atoms with Gasteiger partial charge in [0.05, 0.1) is 6.61 Å². The second-order valence-corrected chi connectivity index (χ2v) is 5.75. The summed E-state index contributed by atoms with van der Waals surface area (Å²) in [5.74, 6) is 0.743. The molecule has 1 atom stereocenters. The minimum atomic E-state index is 0.743. The van der Waals surface area contributed by atoms with Crippen molar-refractivity contribution in [3.05, 3.63) is 0 Å². The first-order chi connectivity index (χ1) is 9.80. The molecule has 20 heavy (non-hydrogen) atoms. The number of rotatable bonds is 12. The summed E-state index contributed by atoms with van der Waals surface area (Å²) in [5.41, 5.74) is 0. The molecule has 0 radical (unpaired) electrons. The Balaban J connectivity index is 2.00. The minimum absolute atomic E-state index is 0.743. The van der Waals surface area contributed by atoms with E-state index < -0.39 is 0 Å². The molecule has 0 aromatic rings. The van der Waals surface area contributed by atoms with Crippen LogP contribution in [0.5, 0.6) is 0 Å². The van der Waals surface area contributed by atoms with Gasteiger partial charge in [-0.15, -0.1) is 0 Å². The molecule has 4 nitrogen and oxygen atoms in total. The van der Waals surface area contributed by atoms with Gasteiger partial charge in [0.15, 0.2) is 0 Å². The van der Waals surface area contributed by atoms with E-state index in [4.69, 9.17) is 4.74 Å². The molecule has 1 unspecified atom stereocenters. The maximum Gasteiger partial charge on any atom is 0.0507 e. The van der Waals surface area contributed by atoms with E-state index >= 15 is 0 Å². The molecule has 0 aliphatic carbocycles. The number of hydrogen-bond donors (Lipinski definition) is 1. The van der Waals surface area contributed by atoms with Crippen LogP contribution in [0.25, 0.3) is 0 Å². The Labute approximate surface area is 125 Å². The van der Waals surface area contributed by atoms with Gasteiger partial charge in [-0.1, -0.05) is 20.8 Å². The average Bonchev–Trinajstić information content (AvgIpc) is 2.99. The van der Waals surface area contributed by atoms with Crippen molar-refractivity contribution in [1.82, 2.24) is 15.1 Å². The van der Waals surface area contributed by atoms with Gasteiger partial charge in [0, 0.05) is 26.2 Å². The molecule has 1 fully saturated rings. The summed E-state index contributed by atoms with van der Waals surface area (Å²) in [6.07, 6.45) is 2.51. The fourth-order valence-corrected chi connectivity index (χ4v) is 2.77. The lowest BCUT2D eigenvalue weighted by atomic mass is 10.1. The fourth-order valence-electron chi connectivity index (χ4n) is 2.77. The molecule has 0 amide bonds. The van der Waals surface area contributed by atoms with E-state index in [0.29, 0.717) is 0 Å². The van der Waals surface area contributed by atoms with Gasteiger partial charge in [-0.3, -0.25) is 0 Å². The molecule has 0 spiro atoms. The summed E-state index contributed by atoms with van der Waals surface area (Å²) in [5, 5.41) is 3.58. The zero-order valence-electron chi connectivity index (χ0n) is 13.9. The SMILES string of the molecule is CCN(CC)CCCN(CC)CCNCC1CCOC1. The lowest BCUT2D eigenvalue weighted by Crippen LogP contribution is -2.36. The van der Waals surface area contributed by atoms with Crippen LogP contribution in [0, 0.1) is 5.92 Å². The first-order valence-electron chi connectivity index (χ1n) is 8.53. The number of ether oxygens (including phenoxy) is 1. The molecule has 0 bridgehead atoms. The molecule has 0 saturated carbocycles. The Morgan fingerprint density at radius 1 is 1.00 bits per heavy atom. The van der Waals surface area contributed by atoms with Crippen LogP contribution in [-0.2, 0) is 4.74 Å². The monoisotopic (exact) mass is 285 g/mol. The van der Waals surface area contributed by atoms with Crippen LogP contribution in [-0.4, -0.2) is 75.4 Å². The molecular weight excluding hydrogens is 250 g/mol. The maximum atomic E-state index is 5.40. The first-order valence-corrected chi connectivity index (χ1v) is 8.53. The van der Waals surface area contributed by atoms with E-state index in [1.54, 1.807) is 0 Å². The van der Waals surface area contributed by atoms with Crippen LogP contribution in [0.4, 0.5) is 0 Å². The molecule has 1 rings (SSSR count). The van der Waals surface area contributed by atoms with Gasteiger partial charge < -0.3 is 19.9 Å². The van der Waals surface area contributed by atoms with Crippen LogP contribution in [0.2, 0.25) is 0 Å². The second-order valence-electron chi connectivity index (χ2n) is 5.75. The summed E-state index contributed by atoms with van der Waals surface area (Å²) in [6.45, 7) is 18.0. The Bertz CT molecular complexity index is 216. The van der Waals surface area contributed by atoms with Crippen molar-refractivity contribution < 1.29 is 4.74 Å². The van der Waals surface area contributed by atoms with Crippen LogP contribution < -0.4 is 5.32 Å². The molecule has 0 aromatic heterocycles. The Morgan fingerprint density at radius 2 is 1.70 bits per heavy atom. The molecule has 1 aliphatic rings. The third-order valence-corrected chi connectivity index (χ3v) is 4.35. The third kappa shape index (κ3) is 7.58. The molecule has 1 heterocycles. The topological polar surface area (TPSA) is 27.7 Å². The largest absolute Gasteiger partial charge is 0.381 e. The van der Waals surface area contributed by atoms with Crippen molar-refractivity contribution in [3.63, 3.8) is 0 Å². The Morgan fingerprint density at radius 3 is 2.30 bits per heavy atom. The summed E-state index contributed by atoms with van der Waals surface area (Å²) >= 11 is 0. The van der Waals surface area contributed by atoms with E-state index in [1.807, 2.05) is 0 Å². The van der Waals surface area contributed by atoms with Crippen LogP contribution in [0.15, 0.2) is 0 Å². The van der Waals surface area contributed by atoms with Crippen LogP contribution in [0.1, 0.15) is 33.6 Å². The predicted molar refractivity (Wildman–Crippen MR) is 86.3 cm³/mol. The van der Waals surface area contributed by atoms with Gasteiger partial charge in [0.2, 0.25) is 0 Å². The summed E-state index contributed by atoms with van der Waals surface area (Å²) in [4.78, 5) is 5.06. The maximum absolute atomic E-state index is 5.40. The highest BCUT2D eigenvalue weighted by atomic mass is 16.5. The van der Waals surface area contributed by atoms with Crippen LogP contribution in [0.3, 0.4) is 0 Å². The summed E-state index contributed by atoms with van der Waals surface area (Å²) < 4.78 is 5.40. The molecule has 4 heteroatoms. The van der Waals surface area contributed by atoms with Crippen molar-refractivity contribution in [3.8, 4) is 0 Å². The van der Waals surface area contributed by atoms with Gasteiger partial charge >= 0.3 is 0 Å². The standard InChI is InChI=1S/C16H35N3O/c1-4-18(5-2)10-7-11-19(6-3)12-9-17-14-16-8-13-20-15-16/h16-17H,4-15H2,1-3H3. The van der Waals surface area contributed by atoms with Crippen molar-refractivity contribution in [2.24, 2.45) is 5.92 Å². The number of nitrogens with zero attached hydrogens (tertiary/aromatic N) is 2. The van der Waals surface area contributed by atoms with Gasteiger partial charge in [-0.25, -0.2) is 0 Å². The summed E-state index contributed by atoms with van der Waals surface area (Å²) in [7, 11) is 0. The van der Waals surface area contributed by atoms with Gasteiger partial charge in [0.1, 0.15) is 0 Å². The van der Waals surface area contributed by atoms with Gasteiger partial charge in [0.25, 0.3) is 0 Å². The highest BCUT2D eigenvalue weighted by Crippen LogP contribution is 2.10. The van der Waals surface area contributed by atoms with E-state index in [9.17, 15) is 0 Å². The fraction of sp³-hybridized carbons (Fsp3) is 1.00. The smallest absolute Gasteiger partial charge is 0.0507 e. The van der Waals surface area contributed by atoms with Gasteiger partial charge in [-0.2, -0.15) is 0 Å². The molecule has 1 aliphatic heterocycles. The number of likely N-dealkylation sites (N-methyl/N-ethyl adjacent to an activating group) is 1. The molecule has 120 valence electrons. The molecule has 1 N–H and O–H groups in total. The minimum Gasteiger partial charge on any atom is -0.381 e. The summed E-state index contributed by atoms with van der Waals surface area (Å²) in [6, 6.07) is 0. The van der Waals surface area contributed by atoms with E-state index in [1.165, 1.54) is 45.6 Å². The molecular formula is C16H35N3O. The highest BCUT2D eigenvalue weighted by molar-refractivity contribution is 4.68. The lowest BCUT2D eigenvalue weighted by molar-refractivity contribution is 0.184. The quantitative estimate of drug-likeness (QED) is 0.552.